The molecule has 0 fully saturated rings. The molecule has 0 aliphatic rings. The number of carbonyl (C=O) groups excluding carboxylic acids is 2. The number of likely N-dealkylation sites (N-methyl/N-ethyl adjacent to an activating group) is 1. The molecule has 0 spiro atoms. The lowest BCUT2D eigenvalue weighted by molar-refractivity contribution is -0.133. The Hall–Kier alpha value is -2.92. The summed E-state index contributed by atoms with van der Waals surface area (Å²) in [6, 6.07) is 18.2. The van der Waals surface area contributed by atoms with E-state index in [0.717, 1.165) is 5.56 Å². The molecule has 0 bridgehead atoms. The normalized spacial score (nSPS) is 10.5. The summed E-state index contributed by atoms with van der Waals surface area (Å²) in [6.45, 7) is 0.109. The van der Waals surface area contributed by atoms with Gasteiger partial charge < -0.3 is 9.64 Å². The zero-order valence-electron chi connectivity index (χ0n) is 14.2. The summed E-state index contributed by atoms with van der Waals surface area (Å²) in [5.41, 5.74) is 1.89. The van der Waals surface area contributed by atoms with E-state index in [0.29, 0.717) is 23.0 Å². The molecule has 3 rings (SSSR count). The van der Waals surface area contributed by atoms with Crippen LogP contribution in [-0.4, -0.2) is 35.4 Å². The molecular formula is C20H17ClN2O3. The summed E-state index contributed by atoms with van der Waals surface area (Å²) in [7, 11) is 1.67. The third kappa shape index (κ3) is 4.18. The lowest BCUT2D eigenvalue weighted by Crippen LogP contribution is -2.30. The Kier molecular flexibility index (Phi) is 5.49. The summed E-state index contributed by atoms with van der Waals surface area (Å²) in [5, 5.41) is 0.829. The van der Waals surface area contributed by atoms with Crippen molar-refractivity contribution in [2.24, 2.45) is 0 Å². The first-order chi connectivity index (χ1) is 12.5. The van der Waals surface area contributed by atoms with E-state index in [1.165, 1.54) is 11.0 Å². The van der Waals surface area contributed by atoms with Gasteiger partial charge in [-0.15, -0.1) is 0 Å². The summed E-state index contributed by atoms with van der Waals surface area (Å²) in [5.74, 6) is -0.890. The number of rotatable bonds is 5. The van der Waals surface area contributed by atoms with E-state index in [1.54, 1.807) is 25.2 Å². The zero-order chi connectivity index (χ0) is 18.5. The number of carbonyl (C=O) groups is 2. The first kappa shape index (κ1) is 17.9. The number of hydrogen-bond donors (Lipinski definition) is 0. The second-order valence-electron chi connectivity index (χ2n) is 5.82. The molecule has 3 aromatic rings. The molecule has 26 heavy (non-hydrogen) atoms. The number of para-hydroxylation sites is 1. The van der Waals surface area contributed by atoms with Gasteiger partial charge in [-0.1, -0.05) is 60.1 Å². The summed E-state index contributed by atoms with van der Waals surface area (Å²) >= 11 is 5.98. The molecule has 1 amide bonds. The molecule has 0 N–H and O–H groups in total. The maximum atomic E-state index is 12.4. The Labute approximate surface area is 156 Å². The van der Waals surface area contributed by atoms with E-state index in [1.807, 2.05) is 36.4 Å². The molecule has 132 valence electrons. The van der Waals surface area contributed by atoms with Crippen molar-refractivity contribution in [2.45, 2.75) is 6.54 Å². The fourth-order valence-electron chi connectivity index (χ4n) is 2.57. The quantitative estimate of drug-likeness (QED) is 0.509. The van der Waals surface area contributed by atoms with Crippen molar-refractivity contribution in [3.63, 3.8) is 0 Å². The summed E-state index contributed by atoms with van der Waals surface area (Å²) < 4.78 is 5.20. The molecule has 1 aromatic heterocycles. The summed E-state index contributed by atoms with van der Waals surface area (Å²) in [6.07, 6.45) is 0. The number of fused-ring (bicyclic) bond motifs is 1. The fourth-order valence-corrected chi connectivity index (χ4v) is 2.77. The van der Waals surface area contributed by atoms with Crippen LogP contribution in [0.2, 0.25) is 5.15 Å². The van der Waals surface area contributed by atoms with Crippen LogP contribution in [-0.2, 0) is 16.1 Å². The zero-order valence-corrected chi connectivity index (χ0v) is 14.9. The van der Waals surface area contributed by atoms with Crippen LogP contribution in [0, 0.1) is 0 Å². The molecule has 0 saturated carbocycles. The van der Waals surface area contributed by atoms with Crippen molar-refractivity contribution in [3.05, 3.63) is 76.9 Å². The van der Waals surface area contributed by atoms with Crippen LogP contribution in [0.3, 0.4) is 0 Å². The van der Waals surface area contributed by atoms with E-state index >= 15 is 0 Å². The van der Waals surface area contributed by atoms with Gasteiger partial charge in [0.1, 0.15) is 5.15 Å². The van der Waals surface area contributed by atoms with Crippen LogP contribution >= 0.6 is 11.6 Å². The minimum absolute atomic E-state index is 0.197. The Morgan fingerprint density at radius 2 is 1.77 bits per heavy atom. The van der Waals surface area contributed by atoms with E-state index in [2.05, 4.69) is 4.98 Å². The standard InChI is InChI=1S/C20H17ClN2O3/c1-23(12-14-7-3-2-4-8-14)19(24)13-26-20(25)16-11-18(21)22-17-10-6-5-9-15(16)17/h2-11H,12-13H2,1H3. The number of nitrogens with zero attached hydrogens (tertiary/aromatic N) is 2. The smallest absolute Gasteiger partial charge is 0.339 e. The third-order valence-electron chi connectivity index (χ3n) is 3.92. The lowest BCUT2D eigenvalue weighted by atomic mass is 10.1. The Balaban J connectivity index is 1.66. The second-order valence-corrected chi connectivity index (χ2v) is 6.21. The molecular weight excluding hydrogens is 352 g/mol. The highest BCUT2D eigenvalue weighted by molar-refractivity contribution is 6.30. The number of amides is 1. The van der Waals surface area contributed by atoms with Crippen molar-refractivity contribution >= 4 is 34.4 Å². The number of halogens is 1. The molecule has 0 radical (unpaired) electrons. The fraction of sp³-hybridized carbons (Fsp3) is 0.150. The predicted molar refractivity (Wildman–Crippen MR) is 100.0 cm³/mol. The minimum atomic E-state index is -0.605. The maximum absolute atomic E-state index is 12.4. The van der Waals surface area contributed by atoms with Crippen LogP contribution in [0.15, 0.2) is 60.7 Å². The van der Waals surface area contributed by atoms with Gasteiger partial charge in [-0.25, -0.2) is 9.78 Å². The summed E-state index contributed by atoms with van der Waals surface area (Å²) in [4.78, 5) is 30.3. The van der Waals surface area contributed by atoms with Gasteiger partial charge in [0.05, 0.1) is 11.1 Å². The molecule has 0 unspecified atom stereocenters. The highest BCUT2D eigenvalue weighted by atomic mass is 35.5. The molecule has 1 heterocycles. The first-order valence-electron chi connectivity index (χ1n) is 8.05. The first-order valence-corrected chi connectivity index (χ1v) is 8.42. The molecule has 0 atom stereocenters. The molecule has 2 aromatic carbocycles. The second kappa shape index (κ2) is 7.97. The van der Waals surface area contributed by atoms with Crippen LogP contribution < -0.4 is 0 Å². The Morgan fingerprint density at radius 3 is 2.54 bits per heavy atom. The number of esters is 1. The molecule has 0 aliphatic heterocycles. The molecule has 0 aliphatic carbocycles. The van der Waals surface area contributed by atoms with Crippen LogP contribution in [0.4, 0.5) is 0 Å². The van der Waals surface area contributed by atoms with Gasteiger partial charge in [0, 0.05) is 19.0 Å². The highest BCUT2D eigenvalue weighted by Crippen LogP contribution is 2.21. The van der Waals surface area contributed by atoms with Crippen molar-refractivity contribution in [2.75, 3.05) is 13.7 Å². The van der Waals surface area contributed by atoms with Gasteiger partial charge >= 0.3 is 5.97 Å². The van der Waals surface area contributed by atoms with Crippen molar-refractivity contribution < 1.29 is 14.3 Å². The van der Waals surface area contributed by atoms with E-state index < -0.39 is 5.97 Å². The Bertz CT molecular complexity index is 944. The van der Waals surface area contributed by atoms with Crippen molar-refractivity contribution in [3.8, 4) is 0 Å². The molecule has 6 heteroatoms. The van der Waals surface area contributed by atoms with Gasteiger partial charge in [-0.05, 0) is 17.7 Å². The van der Waals surface area contributed by atoms with Crippen LogP contribution in [0.1, 0.15) is 15.9 Å². The van der Waals surface area contributed by atoms with Crippen molar-refractivity contribution in [1.29, 1.82) is 0 Å². The van der Waals surface area contributed by atoms with Gasteiger partial charge in [-0.2, -0.15) is 0 Å². The largest absolute Gasteiger partial charge is 0.452 e. The van der Waals surface area contributed by atoms with Crippen molar-refractivity contribution in [1.82, 2.24) is 9.88 Å². The van der Waals surface area contributed by atoms with Crippen LogP contribution in [0.25, 0.3) is 10.9 Å². The topological polar surface area (TPSA) is 59.5 Å². The number of ether oxygens (including phenoxy) is 1. The number of pyridine rings is 1. The average Bonchev–Trinajstić information content (AvgIpc) is 2.65. The van der Waals surface area contributed by atoms with Gasteiger partial charge in [-0.3, -0.25) is 4.79 Å². The number of aromatic nitrogens is 1. The number of benzene rings is 2. The maximum Gasteiger partial charge on any atom is 0.339 e. The number of hydrogen-bond acceptors (Lipinski definition) is 4. The lowest BCUT2D eigenvalue weighted by Gasteiger charge is -2.17. The van der Waals surface area contributed by atoms with E-state index in [4.69, 9.17) is 16.3 Å². The third-order valence-corrected chi connectivity index (χ3v) is 4.11. The highest BCUT2D eigenvalue weighted by Gasteiger charge is 2.17. The van der Waals surface area contributed by atoms with Gasteiger partial charge in [0.25, 0.3) is 5.91 Å². The average molecular weight is 369 g/mol. The molecule has 0 saturated heterocycles. The Morgan fingerprint density at radius 1 is 1.08 bits per heavy atom. The monoisotopic (exact) mass is 368 g/mol. The van der Waals surface area contributed by atoms with Crippen LogP contribution in [0.5, 0.6) is 0 Å². The van der Waals surface area contributed by atoms with E-state index in [-0.39, 0.29) is 17.7 Å². The SMILES string of the molecule is CN(Cc1ccccc1)C(=O)COC(=O)c1cc(Cl)nc2ccccc12. The van der Waals surface area contributed by atoms with Gasteiger partial charge in [0.2, 0.25) is 0 Å². The van der Waals surface area contributed by atoms with Gasteiger partial charge in [0.15, 0.2) is 6.61 Å². The molecule has 5 nitrogen and oxygen atoms in total. The minimum Gasteiger partial charge on any atom is -0.452 e. The van der Waals surface area contributed by atoms with E-state index in [9.17, 15) is 9.59 Å². The predicted octanol–water partition coefficient (Wildman–Crippen LogP) is 3.70.